The van der Waals surface area contributed by atoms with Crippen LogP contribution in [-0.4, -0.2) is 20.2 Å². The fourth-order valence-electron chi connectivity index (χ4n) is 2.33. The number of anilines is 1. The van der Waals surface area contributed by atoms with Crippen LogP contribution in [0.1, 0.15) is 25.7 Å². The first-order valence-corrected chi connectivity index (χ1v) is 7.35. The smallest absolute Gasteiger partial charge is 0.182 e. The van der Waals surface area contributed by atoms with Crippen LogP contribution in [0.2, 0.25) is 0 Å². The van der Waals surface area contributed by atoms with Crippen LogP contribution in [0.3, 0.4) is 0 Å². The molecule has 2 N–H and O–H groups in total. The number of rotatable bonds is 4. The van der Waals surface area contributed by atoms with Gasteiger partial charge in [-0.3, -0.25) is 0 Å². The van der Waals surface area contributed by atoms with Crippen molar-refractivity contribution in [1.29, 1.82) is 0 Å². The van der Waals surface area contributed by atoms with Gasteiger partial charge in [0.05, 0.1) is 0 Å². The van der Waals surface area contributed by atoms with Gasteiger partial charge in [0.2, 0.25) is 0 Å². The normalized spacial score (nSPS) is 15.4. The lowest BCUT2D eigenvalue weighted by atomic mass is 9.83. The van der Waals surface area contributed by atoms with Gasteiger partial charge in [-0.05, 0) is 56.9 Å². The highest BCUT2D eigenvalue weighted by molar-refractivity contribution is 9.10. The molecular weight excluding hydrogens is 306 g/mol. The Bertz CT molecular complexity index is 576. The number of tetrazole rings is 1. The maximum absolute atomic E-state index is 5.90. The molecule has 1 aliphatic carbocycles. The minimum atomic E-state index is 0.700. The average Bonchev–Trinajstić information content (AvgIpc) is 2.79. The SMILES string of the molecule is Nc1cc(-c2nnnn2CCC2CCC2)ccc1Br. The molecule has 3 rings (SSSR count). The molecule has 0 aliphatic heterocycles. The van der Waals surface area contributed by atoms with Crippen LogP contribution in [0.15, 0.2) is 22.7 Å². The molecule has 2 aromatic rings. The summed E-state index contributed by atoms with van der Waals surface area (Å²) in [6.07, 6.45) is 5.23. The van der Waals surface area contributed by atoms with Crippen molar-refractivity contribution in [2.24, 2.45) is 5.92 Å². The highest BCUT2D eigenvalue weighted by Gasteiger charge is 2.18. The Morgan fingerprint density at radius 3 is 2.89 bits per heavy atom. The highest BCUT2D eigenvalue weighted by Crippen LogP contribution is 2.30. The first-order chi connectivity index (χ1) is 9.24. The van der Waals surface area contributed by atoms with Crippen LogP contribution < -0.4 is 5.73 Å². The number of hydrogen-bond acceptors (Lipinski definition) is 4. The Kier molecular flexibility index (Phi) is 3.50. The van der Waals surface area contributed by atoms with Crippen molar-refractivity contribution in [3.63, 3.8) is 0 Å². The molecule has 100 valence electrons. The van der Waals surface area contributed by atoms with Crippen LogP contribution in [0, 0.1) is 5.92 Å². The van der Waals surface area contributed by atoms with E-state index >= 15 is 0 Å². The predicted octanol–water partition coefficient (Wildman–Crippen LogP) is 2.88. The number of aryl methyl sites for hydroxylation is 1. The van der Waals surface area contributed by atoms with Gasteiger partial charge in [-0.2, -0.15) is 0 Å². The molecule has 0 radical (unpaired) electrons. The molecule has 0 spiro atoms. The van der Waals surface area contributed by atoms with Gasteiger partial charge in [0.25, 0.3) is 0 Å². The summed E-state index contributed by atoms with van der Waals surface area (Å²) in [6, 6.07) is 5.80. The third-order valence-corrected chi connectivity index (χ3v) is 4.48. The summed E-state index contributed by atoms with van der Waals surface area (Å²) in [5, 5.41) is 12.0. The van der Waals surface area contributed by atoms with Crippen molar-refractivity contribution in [3.05, 3.63) is 22.7 Å². The van der Waals surface area contributed by atoms with E-state index in [0.717, 1.165) is 34.7 Å². The van der Waals surface area contributed by atoms with Crippen LogP contribution >= 0.6 is 15.9 Å². The number of nitrogen functional groups attached to an aromatic ring is 1. The third kappa shape index (κ3) is 2.63. The van der Waals surface area contributed by atoms with Crippen LogP contribution in [-0.2, 0) is 6.54 Å². The largest absolute Gasteiger partial charge is 0.398 e. The van der Waals surface area contributed by atoms with E-state index in [1.807, 2.05) is 22.9 Å². The molecule has 0 bridgehead atoms. The molecule has 1 heterocycles. The molecule has 0 atom stereocenters. The van der Waals surface area contributed by atoms with Gasteiger partial charge in [-0.15, -0.1) is 5.10 Å². The Labute approximate surface area is 120 Å². The molecule has 1 aromatic heterocycles. The van der Waals surface area contributed by atoms with Gasteiger partial charge < -0.3 is 5.73 Å². The summed E-state index contributed by atoms with van der Waals surface area (Å²) in [6.45, 7) is 0.878. The monoisotopic (exact) mass is 321 g/mol. The number of hydrogen-bond donors (Lipinski definition) is 1. The van der Waals surface area contributed by atoms with E-state index in [1.54, 1.807) is 0 Å². The number of halogens is 1. The van der Waals surface area contributed by atoms with Gasteiger partial charge in [-0.1, -0.05) is 19.3 Å². The second kappa shape index (κ2) is 5.28. The maximum Gasteiger partial charge on any atom is 0.182 e. The zero-order valence-electron chi connectivity index (χ0n) is 10.6. The first-order valence-electron chi connectivity index (χ1n) is 6.55. The summed E-state index contributed by atoms with van der Waals surface area (Å²) in [4.78, 5) is 0. The topological polar surface area (TPSA) is 69.6 Å². The lowest BCUT2D eigenvalue weighted by Crippen LogP contribution is -2.15. The minimum absolute atomic E-state index is 0.700. The van der Waals surface area contributed by atoms with Gasteiger partial charge in [0, 0.05) is 22.3 Å². The van der Waals surface area contributed by atoms with Gasteiger partial charge in [0.15, 0.2) is 5.82 Å². The lowest BCUT2D eigenvalue weighted by molar-refractivity contribution is 0.277. The van der Waals surface area contributed by atoms with E-state index < -0.39 is 0 Å². The van der Waals surface area contributed by atoms with Crippen molar-refractivity contribution >= 4 is 21.6 Å². The zero-order chi connectivity index (χ0) is 13.2. The predicted molar refractivity (Wildman–Crippen MR) is 77.3 cm³/mol. The maximum atomic E-state index is 5.90. The molecule has 0 unspecified atom stereocenters. The van der Waals surface area contributed by atoms with Crippen molar-refractivity contribution in [2.45, 2.75) is 32.2 Å². The van der Waals surface area contributed by atoms with E-state index in [1.165, 1.54) is 19.3 Å². The summed E-state index contributed by atoms with van der Waals surface area (Å²) in [5.74, 6) is 1.64. The van der Waals surface area contributed by atoms with E-state index in [0.29, 0.717) is 5.69 Å². The van der Waals surface area contributed by atoms with Crippen LogP contribution in [0.4, 0.5) is 5.69 Å². The first kappa shape index (κ1) is 12.6. The molecule has 1 aliphatic rings. The van der Waals surface area contributed by atoms with Crippen molar-refractivity contribution < 1.29 is 0 Å². The summed E-state index contributed by atoms with van der Waals surface area (Å²) >= 11 is 3.39. The molecular formula is C13H16BrN5. The van der Waals surface area contributed by atoms with E-state index in [-0.39, 0.29) is 0 Å². The lowest BCUT2D eigenvalue weighted by Gasteiger charge is -2.24. The average molecular weight is 322 g/mol. The fraction of sp³-hybridized carbons (Fsp3) is 0.462. The Morgan fingerprint density at radius 1 is 1.37 bits per heavy atom. The molecule has 1 saturated carbocycles. The number of nitrogens with two attached hydrogens (primary N) is 1. The molecule has 19 heavy (non-hydrogen) atoms. The molecule has 6 heteroatoms. The van der Waals surface area contributed by atoms with Gasteiger partial charge in [-0.25, -0.2) is 4.68 Å². The Balaban J connectivity index is 1.79. The summed E-state index contributed by atoms with van der Waals surface area (Å²) in [5.41, 5.74) is 7.56. The zero-order valence-corrected chi connectivity index (χ0v) is 12.2. The molecule has 1 aromatic carbocycles. The molecule has 0 saturated heterocycles. The highest BCUT2D eigenvalue weighted by atomic mass is 79.9. The minimum Gasteiger partial charge on any atom is -0.398 e. The third-order valence-electron chi connectivity index (χ3n) is 3.76. The molecule has 5 nitrogen and oxygen atoms in total. The van der Waals surface area contributed by atoms with Crippen molar-refractivity contribution in [1.82, 2.24) is 20.2 Å². The summed E-state index contributed by atoms with van der Waals surface area (Å²) in [7, 11) is 0. The van der Waals surface area contributed by atoms with Crippen molar-refractivity contribution in [3.8, 4) is 11.4 Å². The Morgan fingerprint density at radius 2 is 2.21 bits per heavy atom. The number of nitrogens with zero attached hydrogens (tertiary/aromatic N) is 4. The Hall–Kier alpha value is -1.43. The van der Waals surface area contributed by atoms with E-state index in [4.69, 9.17) is 5.73 Å². The molecule has 1 fully saturated rings. The quantitative estimate of drug-likeness (QED) is 0.879. The summed E-state index contributed by atoms with van der Waals surface area (Å²) < 4.78 is 2.77. The standard InChI is InChI=1S/C13H16BrN5/c14-11-5-4-10(8-12(11)15)13-16-17-18-19(13)7-6-9-2-1-3-9/h4-5,8-9H,1-3,6-7,15H2. The second-order valence-electron chi connectivity index (χ2n) is 5.05. The van der Waals surface area contributed by atoms with E-state index in [9.17, 15) is 0 Å². The van der Waals surface area contributed by atoms with Crippen molar-refractivity contribution in [2.75, 3.05) is 5.73 Å². The van der Waals surface area contributed by atoms with Gasteiger partial charge >= 0.3 is 0 Å². The second-order valence-corrected chi connectivity index (χ2v) is 5.90. The molecule has 0 amide bonds. The number of benzene rings is 1. The fourth-order valence-corrected chi connectivity index (χ4v) is 2.58. The number of aromatic nitrogens is 4. The van der Waals surface area contributed by atoms with E-state index in [2.05, 4.69) is 31.5 Å². The van der Waals surface area contributed by atoms with Crippen LogP contribution in [0.25, 0.3) is 11.4 Å². The van der Waals surface area contributed by atoms with Crippen LogP contribution in [0.5, 0.6) is 0 Å². The van der Waals surface area contributed by atoms with Gasteiger partial charge in [0.1, 0.15) is 0 Å².